The van der Waals surface area contributed by atoms with Crippen LogP contribution in [0, 0.1) is 0 Å². The van der Waals surface area contributed by atoms with Crippen molar-refractivity contribution < 1.29 is 9.84 Å². The second-order valence-corrected chi connectivity index (χ2v) is 22.8. The quantitative estimate of drug-likeness (QED) is 0.229. The first-order valence-electron chi connectivity index (χ1n) is 13.1. The summed E-state index contributed by atoms with van der Waals surface area (Å²) >= 11 is -2.81. The van der Waals surface area contributed by atoms with E-state index in [1.807, 2.05) is 6.20 Å². The van der Waals surface area contributed by atoms with Gasteiger partial charge in [-0.2, -0.15) is 0 Å². The number of aliphatic hydroxyl groups excluding tert-OH is 1. The number of aromatic nitrogens is 1. The van der Waals surface area contributed by atoms with Gasteiger partial charge in [-0.3, -0.25) is 0 Å². The molecule has 0 saturated heterocycles. The molecular weight excluding hydrogens is 527 g/mol. The molecule has 34 heavy (non-hydrogen) atoms. The molecule has 0 fully saturated rings. The van der Waals surface area contributed by atoms with Crippen molar-refractivity contribution in [2.75, 3.05) is 32.2 Å². The number of hydrogen-bond donors (Lipinski definition) is 1. The summed E-state index contributed by atoms with van der Waals surface area (Å²) in [6.45, 7) is 11.7. The zero-order chi connectivity index (χ0) is 25.0. The van der Waals surface area contributed by atoms with Crippen LogP contribution in [0.2, 0.25) is 13.3 Å². The second kappa shape index (κ2) is 14.8. The number of rotatable bonds is 16. The number of aliphatic hydroxyl groups is 1. The maximum atomic E-state index is 9.45. The molecule has 0 aliphatic heterocycles. The maximum absolute atomic E-state index is 9.45. The van der Waals surface area contributed by atoms with Crippen LogP contribution in [0.3, 0.4) is 0 Å². The van der Waals surface area contributed by atoms with Gasteiger partial charge in [-0.05, 0) is 0 Å². The van der Waals surface area contributed by atoms with Gasteiger partial charge in [0.15, 0.2) is 0 Å². The standard InChI is InChI=1S/C17H19N2O2.3C4H9.Sn/c1-13(14-4-7-16(8-5-14)19(2)3)15-6-9-17(18-12-15)21-11-10-20;3*1-3-4-2;/h4-8,12,20H,1,10-11H2,2-3H3;3*1,3-4H2,2H3;. The van der Waals surface area contributed by atoms with Crippen LogP contribution in [0.25, 0.3) is 5.57 Å². The molecule has 0 aliphatic carbocycles. The Morgan fingerprint density at radius 3 is 1.97 bits per heavy atom. The number of pyridine rings is 1. The van der Waals surface area contributed by atoms with Crippen LogP contribution < -0.4 is 13.2 Å². The summed E-state index contributed by atoms with van der Waals surface area (Å²) in [5, 5.41) is 9.45. The third-order valence-corrected chi connectivity index (χ3v) is 22.4. The van der Waals surface area contributed by atoms with Gasteiger partial charge in [0.25, 0.3) is 0 Å². The molecule has 1 N–H and O–H groups in total. The van der Waals surface area contributed by atoms with E-state index in [1.54, 1.807) is 0 Å². The zero-order valence-electron chi connectivity index (χ0n) is 22.2. The van der Waals surface area contributed by atoms with Gasteiger partial charge < -0.3 is 0 Å². The Labute approximate surface area is 212 Å². The molecule has 0 amide bonds. The summed E-state index contributed by atoms with van der Waals surface area (Å²) in [4.78, 5) is 6.96. The van der Waals surface area contributed by atoms with E-state index in [1.165, 1.54) is 61.1 Å². The molecule has 188 valence electrons. The molecule has 4 nitrogen and oxygen atoms in total. The average Bonchev–Trinajstić information content (AvgIpc) is 2.87. The molecule has 1 aromatic carbocycles. The second-order valence-electron chi connectivity index (χ2n) is 9.66. The van der Waals surface area contributed by atoms with Gasteiger partial charge in [-0.1, -0.05) is 0 Å². The zero-order valence-corrected chi connectivity index (χ0v) is 25.1. The monoisotopic (exact) mass is 574 g/mol. The third-order valence-electron chi connectivity index (χ3n) is 6.86. The van der Waals surface area contributed by atoms with Crippen molar-refractivity contribution in [3.8, 4) is 5.88 Å². The van der Waals surface area contributed by atoms with Crippen molar-refractivity contribution >= 4 is 33.2 Å². The minimum absolute atomic E-state index is 0.00913. The van der Waals surface area contributed by atoms with Crippen molar-refractivity contribution in [1.82, 2.24) is 4.98 Å². The Kier molecular flexibility index (Phi) is 12.5. The molecule has 1 heterocycles. The van der Waals surface area contributed by atoms with Crippen molar-refractivity contribution in [2.45, 2.75) is 72.6 Å². The molecule has 0 saturated carbocycles. The Morgan fingerprint density at radius 1 is 0.941 bits per heavy atom. The third kappa shape index (κ3) is 7.74. The number of benzene rings is 1. The van der Waals surface area contributed by atoms with E-state index in [0.717, 1.165) is 22.6 Å². The molecule has 0 atom stereocenters. The number of anilines is 1. The molecule has 2 rings (SSSR count). The van der Waals surface area contributed by atoms with Crippen LogP contribution >= 0.6 is 0 Å². The van der Waals surface area contributed by atoms with Gasteiger partial charge in [-0.15, -0.1) is 0 Å². The fourth-order valence-electron chi connectivity index (χ4n) is 4.71. The Morgan fingerprint density at radius 2 is 1.50 bits per heavy atom. The molecular formula is C29H46N2O2Sn. The molecule has 0 radical (unpaired) electrons. The molecule has 0 unspecified atom stereocenters. The number of ether oxygens (including phenoxy) is 1. The fraction of sp³-hybridized carbons (Fsp3) is 0.552. The van der Waals surface area contributed by atoms with E-state index in [-0.39, 0.29) is 6.61 Å². The Balaban J connectivity index is 2.57. The Bertz CT molecular complexity index is 858. The van der Waals surface area contributed by atoms with E-state index < -0.39 is 18.4 Å². The predicted octanol–water partition coefficient (Wildman–Crippen LogP) is 6.64. The fourth-order valence-corrected chi connectivity index (χ4v) is 21.0. The van der Waals surface area contributed by atoms with Gasteiger partial charge in [-0.25, -0.2) is 0 Å². The first-order chi connectivity index (χ1) is 16.4. The SMILES string of the molecule is C=C(c1ccc(N(C)C)cc1)c1cnc(OCCO)[c]([Sn]([CH2]CCC)([CH2]CCC)[CH2]CCC)c1. The molecule has 2 aromatic rings. The number of nitrogens with zero attached hydrogens (tertiary/aromatic N) is 2. The van der Waals surface area contributed by atoms with Gasteiger partial charge in [0.2, 0.25) is 0 Å². The summed E-state index contributed by atoms with van der Waals surface area (Å²) in [6, 6.07) is 10.9. The topological polar surface area (TPSA) is 45.6 Å². The van der Waals surface area contributed by atoms with E-state index in [4.69, 9.17) is 9.72 Å². The van der Waals surface area contributed by atoms with E-state index in [9.17, 15) is 5.11 Å². The normalized spacial score (nSPS) is 11.5. The number of hydrogen-bond acceptors (Lipinski definition) is 4. The van der Waals surface area contributed by atoms with Gasteiger partial charge >= 0.3 is 213 Å². The van der Waals surface area contributed by atoms with Crippen LogP contribution in [0.15, 0.2) is 43.1 Å². The van der Waals surface area contributed by atoms with Crippen LogP contribution in [0.1, 0.15) is 70.4 Å². The van der Waals surface area contributed by atoms with Crippen molar-refractivity contribution in [3.63, 3.8) is 0 Å². The molecule has 0 bridgehead atoms. The van der Waals surface area contributed by atoms with Gasteiger partial charge in [0.1, 0.15) is 0 Å². The molecule has 1 aromatic heterocycles. The average molecular weight is 573 g/mol. The van der Waals surface area contributed by atoms with E-state index in [2.05, 4.69) is 76.7 Å². The molecule has 0 aliphatic rings. The van der Waals surface area contributed by atoms with Crippen LogP contribution in [-0.4, -0.2) is 55.8 Å². The number of unbranched alkanes of at least 4 members (excludes halogenated alkanes) is 3. The minimum atomic E-state index is -2.81. The van der Waals surface area contributed by atoms with Crippen molar-refractivity contribution in [2.24, 2.45) is 0 Å². The van der Waals surface area contributed by atoms with E-state index >= 15 is 0 Å². The summed E-state index contributed by atoms with van der Waals surface area (Å²) in [7, 11) is 4.11. The first-order valence-corrected chi connectivity index (χ1v) is 20.6. The first kappa shape index (κ1) is 28.7. The Hall–Kier alpha value is -1.53. The van der Waals surface area contributed by atoms with Crippen molar-refractivity contribution in [3.05, 3.63) is 54.2 Å². The summed E-state index contributed by atoms with van der Waals surface area (Å²) in [5.74, 6) is 0.771. The molecule has 5 heteroatoms. The van der Waals surface area contributed by atoms with Crippen molar-refractivity contribution in [1.29, 1.82) is 0 Å². The van der Waals surface area contributed by atoms with Crippen LogP contribution in [0.4, 0.5) is 5.69 Å². The van der Waals surface area contributed by atoms with Crippen LogP contribution in [-0.2, 0) is 0 Å². The summed E-state index contributed by atoms with van der Waals surface area (Å²) in [6.07, 6.45) is 9.42. The van der Waals surface area contributed by atoms with Gasteiger partial charge in [0.05, 0.1) is 0 Å². The summed E-state index contributed by atoms with van der Waals surface area (Å²) < 4.78 is 11.5. The van der Waals surface area contributed by atoms with Gasteiger partial charge in [0, 0.05) is 0 Å². The molecule has 0 spiro atoms. The predicted molar refractivity (Wildman–Crippen MR) is 150 cm³/mol. The van der Waals surface area contributed by atoms with Crippen LogP contribution in [0.5, 0.6) is 5.88 Å². The van der Waals surface area contributed by atoms with E-state index in [0.29, 0.717) is 6.61 Å². The summed E-state index contributed by atoms with van der Waals surface area (Å²) in [5.41, 5.74) is 4.40.